The molecule has 4 N–H and O–H groups in total. The molecule has 0 saturated heterocycles. The number of phenolic OH excluding ortho intramolecular Hbond substituents is 4. The molecule has 0 aliphatic rings. The number of hydrogen-bond acceptors (Lipinski definition) is 4. The number of aryl methyl sites for hydroxylation is 1. The summed E-state index contributed by atoms with van der Waals surface area (Å²) in [6.07, 6.45) is 2.35. The summed E-state index contributed by atoms with van der Waals surface area (Å²) >= 11 is 0. The van der Waals surface area contributed by atoms with Crippen LogP contribution < -0.4 is 0 Å². The molecule has 0 fully saturated rings. The topological polar surface area (TPSA) is 80.9 Å². The Balaban J connectivity index is 3.06. The van der Waals surface area contributed by atoms with Crippen molar-refractivity contribution in [2.24, 2.45) is 0 Å². The average Bonchev–Trinajstić information content (AvgIpc) is 2.18. The van der Waals surface area contributed by atoms with Crippen LogP contribution in [0.4, 0.5) is 0 Å². The van der Waals surface area contributed by atoms with Gasteiger partial charge in [0.2, 0.25) is 11.5 Å². The molecule has 0 radical (unpaired) electrons. The zero-order valence-corrected chi connectivity index (χ0v) is 7.99. The summed E-state index contributed by atoms with van der Waals surface area (Å²) in [5, 5.41) is 36.9. The highest BCUT2D eigenvalue weighted by Crippen LogP contribution is 2.44. The van der Waals surface area contributed by atoms with Gasteiger partial charge in [0.25, 0.3) is 0 Å². The summed E-state index contributed by atoms with van der Waals surface area (Å²) in [6.45, 7) is 2.00. The van der Waals surface area contributed by atoms with Crippen LogP contribution in [0, 0.1) is 0 Å². The van der Waals surface area contributed by atoms with E-state index in [-0.39, 0.29) is 5.75 Å². The Morgan fingerprint density at radius 1 is 1.00 bits per heavy atom. The second-order valence-corrected chi connectivity index (χ2v) is 3.20. The molecule has 0 spiro atoms. The number of phenols is 4. The minimum absolute atomic E-state index is 0.353. The van der Waals surface area contributed by atoms with Crippen LogP contribution in [-0.2, 0) is 6.42 Å². The highest BCUT2D eigenvalue weighted by molar-refractivity contribution is 5.60. The summed E-state index contributed by atoms with van der Waals surface area (Å²) in [7, 11) is 0. The molecule has 0 bridgehead atoms. The Morgan fingerprint density at radius 3 is 2.21 bits per heavy atom. The second kappa shape index (κ2) is 4.09. The van der Waals surface area contributed by atoms with E-state index in [2.05, 4.69) is 0 Å². The molecule has 1 aromatic carbocycles. The quantitative estimate of drug-likeness (QED) is 0.441. The van der Waals surface area contributed by atoms with Crippen LogP contribution in [0.2, 0.25) is 0 Å². The van der Waals surface area contributed by atoms with Gasteiger partial charge in [0, 0.05) is 5.56 Å². The number of aromatic hydroxyl groups is 4. The van der Waals surface area contributed by atoms with E-state index < -0.39 is 17.2 Å². The smallest absolute Gasteiger partial charge is 0.204 e. The molecule has 0 aliphatic carbocycles. The molecule has 0 aliphatic heterocycles. The van der Waals surface area contributed by atoms with E-state index in [0.717, 1.165) is 12.8 Å². The maximum absolute atomic E-state index is 9.41. The van der Waals surface area contributed by atoms with Crippen LogP contribution in [0.3, 0.4) is 0 Å². The Morgan fingerprint density at radius 2 is 1.64 bits per heavy atom. The molecule has 0 unspecified atom stereocenters. The fourth-order valence-corrected chi connectivity index (χ4v) is 1.25. The van der Waals surface area contributed by atoms with Crippen LogP contribution in [0.25, 0.3) is 0 Å². The minimum atomic E-state index is -0.678. The number of benzene rings is 1. The molecule has 0 saturated carbocycles. The van der Waals surface area contributed by atoms with E-state index in [1.165, 1.54) is 6.07 Å². The van der Waals surface area contributed by atoms with Crippen LogP contribution in [0.15, 0.2) is 6.07 Å². The molecule has 1 rings (SSSR count). The van der Waals surface area contributed by atoms with Crippen molar-refractivity contribution in [1.29, 1.82) is 0 Å². The standard InChI is InChI=1S/C10H14O4/c1-2-3-4-6-5-7(11)9(13)10(14)8(6)12/h5,11-14H,2-4H2,1H3. The number of rotatable bonds is 3. The van der Waals surface area contributed by atoms with Gasteiger partial charge in [-0.15, -0.1) is 0 Å². The first kappa shape index (κ1) is 10.5. The largest absolute Gasteiger partial charge is 0.504 e. The zero-order valence-electron chi connectivity index (χ0n) is 7.99. The highest BCUT2D eigenvalue weighted by Gasteiger charge is 2.15. The maximum atomic E-state index is 9.41. The molecular weight excluding hydrogens is 184 g/mol. The molecule has 78 valence electrons. The molecule has 0 amide bonds. The van der Waals surface area contributed by atoms with Crippen molar-refractivity contribution in [3.05, 3.63) is 11.6 Å². The summed E-state index contributed by atoms with van der Waals surface area (Å²) in [4.78, 5) is 0. The van der Waals surface area contributed by atoms with Gasteiger partial charge in [-0.25, -0.2) is 0 Å². The van der Waals surface area contributed by atoms with E-state index in [1.807, 2.05) is 6.92 Å². The van der Waals surface area contributed by atoms with Gasteiger partial charge >= 0.3 is 0 Å². The van der Waals surface area contributed by atoms with Crippen molar-refractivity contribution < 1.29 is 20.4 Å². The molecular formula is C10H14O4. The van der Waals surface area contributed by atoms with E-state index >= 15 is 0 Å². The molecule has 14 heavy (non-hydrogen) atoms. The SMILES string of the molecule is CCCCc1cc(O)c(O)c(O)c1O. The Kier molecular flexibility index (Phi) is 3.06. The lowest BCUT2D eigenvalue weighted by atomic mass is 10.1. The third-order valence-electron chi connectivity index (χ3n) is 2.11. The molecule has 0 atom stereocenters. The lowest BCUT2D eigenvalue weighted by molar-refractivity contribution is 0.343. The number of hydrogen-bond donors (Lipinski definition) is 4. The van der Waals surface area contributed by atoms with Gasteiger partial charge in [-0.05, 0) is 18.9 Å². The van der Waals surface area contributed by atoms with Gasteiger partial charge in [-0.2, -0.15) is 0 Å². The van der Waals surface area contributed by atoms with Crippen molar-refractivity contribution in [2.75, 3.05) is 0 Å². The fraction of sp³-hybridized carbons (Fsp3) is 0.400. The molecule has 4 heteroatoms. The molecule has 1 aromatic rings. The van der Waals surface area contributed by atoms with Crippen molar-refractivity contribution in [3.63, 3.8) is 0 Å². The average molecular weight is 198 g/mol. The van der Waals surface area contributed by atoms with Crippen LogP contribution >= 0.6 is 0 Å². The predicted octanol–water partition coefficient (Wildman–Crippen LogP) is 1.85. The van der Waals surface area contributed by atoms with Crippen LogP contribution in [-0.4, -0.2) is 20.4 Å². The summed E-state index contributed by atoms with van der Waals surface area (Å²) < 4.78 is 0. The summed E-state index contributed by atoms with van der Waals surface area (Å²) in [5.74, 6) is -2.10. The van der Waals surface area contributed by atoms with E-state index in [1.54, 1.807) is 0 Å². The first-order valence-corrected chi connectivity index (χ1v) is 4.53. The maximum Gasteiger partial charge on any atom is 0.204 e. The van der Waals surface area contributed by atoms with Gasteiger partial charge in [0.05, 0.1) is 0 Å². The van der Waals surface area contributed by atoms with Crippen molar-refractivity contribution in [1.82, 2.24) is 0 Å². The van der Waals surface area contributed by atoms with Gasteiger partial charge in [-0.3, -0.25) is 0 Å². The highest BCUT2D eigenvalue weighted by atomic mass is 16.3. The fourth-order valence-electron chi connectivity index (χ4n) is 1.25. The Labute approximate surface area is 82.1 Å². The molecule has 4 nitrogen and oxygen atoms in total. The number of unbranched alkanes of at least 4 members (excludes halogenated alkanes) is 1. The first-order chi connectivity index (χ1) is 6.57. The first-order valence-electron chi connectivity index (χ1n) is 4.53. The monoisotopic (exact) mass is 198 g/mol. The third kappa shape index (κ3) is 1.84. The Hall–Kier alpha value is -1.58. The summed E-state index contributed by atoms with van der Waals surface area (Å²) in [5.41, 5.74) is 0.444. The third-order valence-corrected chi connectivity index (χ3v) is 2.11. The molecule has 0 heterocycles. The zero-order chi connectivity index (χ0) is 10.7. The summed E-state index contributed by atoms with van der Waals surface area (Å²) in [6, 6.07) is 1.26. The van der Waals surface area contributed by atoms with Gasteiger partial charge < -0.3 is 20.4 Å². The molecule has 0 aromatic heterocycles. The van der Waals surface area contributed by atoms with Crippen molar-refractivity contribution >= 4 is 0 Å². The van der Waals surface area contributed by atoms with Gasteiger partial charge in [0.15, 0.2) is 11.5 Å². The normalized spacial score (nSPS) is 10.4. The van der Waals surface area contributed by atoms with Gasteiger partial charge in [0.1, 0.15) is 0 Å². The van der Waals surface area contributed by atoms with E-state index in [9.17, 15) is 15.3 Å². The van der Waals surface area contributed by atoms with Crippen molar-refractivity contribution in [2.45, 2.75) is 26.2 Å². The van der Waals surface area contributed by atoms with Crippen molar-refractivity contribution in [3.8, 4) is 23.0 Å². The lowest BCUT2D eigenvalue weighted by Gasteiger charge is -2.08. The lowest BCUT2D eigenvalue weighted by Crippen LogP contribution is -1.87. The Bertz CT molecular complexity index is 333. The van der Waals surface area contributed by atoms with Gasteiger partial charge in [-0.1, -0.05) is 13.3 Å². The van der Waals surface area contributed by atoms with E-state index in [0.29, 0.717) is 12.0 Å². The predicted molar refractivity (Wildman–Crippen MR) is 51.7 cm³/mol. The second-order valence-electron chi connectivity index (χ2n) is 3.20. The van der Waals surface area contributed by atoms with E-state index in [4.69, 9.17) is 5.11 Å². The van der Waals surface area contributed by atoms with Crippen LogP contribution in [0.1, 0.15) is 25.3 Å². The van der Waals surface area contributed by atoms with Crippen LogP contribution in [0.5, 0.6) is 23.0 Å². The minimum Gasteiger partial charge on any atom is -0.504 e.